The van der Waals surface area contributed by atoms with E-state index < -0.39 is 17.5 Å². The van der Waals surface area contributed by atoms with Gasteiger partial charge in [-0.15, -0.1) is 0 Å². The average molecular weight is 271 g/mol. The lowest BCUT2D eigenvalue weighted by atomic mass is 10.2. The zero-order valence-electron chi connectivity index (χ0n) is 10.2. The van der Waals surface area contributed by atoms with Crippen LogP contribution in [0.3, 0.4) is 0 Å². The quantitative estimate of drug-likeness (QED) is 0.734. The highest BCUT2D eigenvalue weighted by Gasteiger charge is 2.20. The molecule has 18 heavy (non-hydrogen) atoms. The first-order chi connectivity index (χ1) is 8.29. The van der Waals surface area contributed by atoms with Gasteiger partial charge < -0.3 is 4.74 Å². The van der Waals surface area contributed by atoms with Crippen molar-refractivity contribution in [3.63, 3.8) is 0 Å². The molecular formula is C12H12ClFN2O2. The smallest absolute Gasteiger partial charge is 0.420 e. The summed E-state index contributed by atoms with van der Waals surface area (Å²) in [6.07, 6.45) is 1.86. The van der Waals surface area contributed by atoms with Crippen LogP contribution in [-0.4, -0.2) is 21.2 Å². The Balaban J connectivity index is 2.48. The van der Waals surface area contributed by atoms with Crippen LogP contribution in [0.15, 0.2) is 18.5 Å². The Hall–Kier alpha value is -1.62. The number of nitrogens with zero attached hydrogens (tertiary/aromatic N) is 2. The fourth-order valence-electron chi connectivity index (χ4n) is 1.49. The number of rotatable bonds is 0. The van der Waals surface area contributed by atoms with Crippen LogP contribution in [0.5, 0.6) is 0 Å². The van der Waals surface area contributed by atoms with Crippen molar-refractivity contribution in [1.29, 1.82) is 0 Å². The first-order valence-corrected chi connectivity index (χ1v) is 5.72. The molecule has 0 fully saturated rings. The van der Waals surface area contributed by atoms with Crippen molar-refractivity contribution in [3.8, 4) is 0 Å². The molecule has 4 nitrogen and oxygen atoms in total. The molecule has 0 atom stereocenters. The summed E-state index contributed by atoms with van der Waals surface area (Å²) in [5, 5.41) is 0.324. The van der Waals surface area contributed by atoms with Crippen molar-refractivity contribution in [2.24, 2.45) is 0 Å². The maximum absolute atomic E-state index is 13.2. The fraction of sp³-hybridized carbons (Fsp3) is 0.333. The molecular weight excluding hydrogens is 259 g/mol. The van der Waals surface area contributed by atoms with Gasteiger partial charge >= 0.3 is 6.09 Å². The third-order valence-electron chi connectivity index (χ3n) is 2.20. The highest BCUT2D eigenvalue weighted by Crippen LogP contribution is 2.25. The predicted molar refractivity (Wildman–Crippen MR) is 66.3 cm³/mol. The van der Waals surface area contributed by atoms with E-state index in [2.05, 4.69) is 4.98 Å². The first-order valence-electron chi connectivity index (χ1n) is 5.34. The Morgan fingerprint density at radius 2 is 2.17 bits per heavy atom. The van der Waals surface area contributed by atoms with Gasteiger partial charge in [-0.05, 0) is 26.8 Å². The van der Waals surface area contributed by atoms with E-state index in [4.69, 9.17) is 16.3 Å². The standard InChI is InChI=1S/C12H12ClFN2O2/c1-12(2,3)18-11(17)16-5-4-7-9(13)8(14)6-15-10(7)16/h4-6H,1-3H3. The number of ether oxygens (including phenoxy) is 1. The number of halogens is 2. The number of fused-ring (bicyclic) bond motifs is 1. The SMILES string of the molecule is CC(C)(C)OC(=O)n1ccc2c(Cl)c(F)cnc21. The van der Waals surface area contributed by atoms with Crippen LogP contribution >= 0.6 is 11.6 Å². The molecule has 0 aliphatic carbocycles. The van der Waals surface area contributed by atoms with Gasteiger partial charge in [0.1, 0.15) is 5.60 Å². The molecule has 0 spiro atoms. The lowest BCUT2D eigenvalue weighted by molar-refractivity contribution is 0.0543. The largest absolute Gasteiger partial charge is 0.443 e. The Labute approximate surface area is 108 Å². The summed E-state index contributed by atoms with van der Waals surface area (Å²) in [6.45, 7) is 5.28. The van der Waals surface area contributed by atoms with Gasteiger partial charge in [0.05, 0.1) is 11.2 Å². The highest BCUT2D eigenvalue weighted by atomic mass is 35.5. The number of carbonyl (C=O) groups excluding carboxylic acids is 1. The van der Waals surface area contributed by atoms with Gasteiger partial charge in [0.15, 0.2) is 11.5 Å². The summed E-state index contributed by atoms with van der Waals surface area (Å²) in [5.41, 5.74) is -0.340. The van der Waals surface area contributed by atoms with Gasteiger partial charge in [0.25, 0.3) is 0 Å². The summed E-state index contributed by atoms with van der Waals surface area (Å²) in [5.74, 6) is -0.619. The predicted octanol–water partition coefficient (Wildman–Crippen LogP) is 3.61. The minimum atomic E-state index is -0.619. The minimum absolute atomic E-state index is 0.0534. The average Bonchev–Trinajstić information content (AvgIpc) is 2.65. The molecule has 0 unspecified atom stereocenters. The number of hydrogen-bond acceptors (Lipinski definition) is 3. The molecule has 6 heteroatoms. The molecule has 0 saturated heterocycles. The topological polar surface area (TPSA) is 44.1 Å². The monoisotopic (exact) mass is 270 g/mol. The molecule has 0 aromatic carbocycles. The van der Waals surface area contributed by atoms with Crippen LogP contribution in [0, 0.1) is 5.82 Å². The minimum Gasteiger partial charge on any atom is -0.443 e. The molecule has 0 saturated carbocycles. The second-order valence-corrected chi connectivity index (χ2v) is 5.20. The zero-order valence-corrected chi connectivity index (χ0v) is 11.0. The van der Waals surface area contributed by atoms with Gasteiger partial charge in [-0.2, -0.15) is 0 Å². The third kappa shape index (κ3) is 2.31. The summed E-state index contributed by atoms with van der Waals surface area (Å²) in [6, 6.07) is 1.53. The summed E-state index contributed by atoms with van der Waals surface area (Å²) in [4.78, 5) is 15.8. The van der Waals surface area contributed by atoms with Crippen LogP contribution in [0.1, 0.15) is 20.8 Å². The van der Waals surface area contributed by atoms with E-state index in [0.717, 1.165) is 6.20 Å². The van der Waals surface area contributed by atoms with Crippen LogP contribution in [0.25, 0.3) is 11.0 Å². The van der Waals surface area contributed by atoms with Gasteiger partial charge in [-0.1, -0.05) is 11.6 Å². The van der Waals surface area contributed by atoms with E-state index in [1.165, 1.54) is 16.8 Å². The molecule has 0 N–H and O–H groups in total. The Bertz CT molecular complexity index is 616. The second kappa shape index (κ2) is 4.24. The van der Waals surface area contributed by atoms with Crippen LogP contribution in [0.2, 0.25) is 5.02 Å². The van der Waals surface area contributed by atoms with E-state index in [-0.39, 0.29) is 10.7 Å². The van der Waals surface area contributed by atoms with Crippen molar-refractivity contribution in [3.05, 3.63) is 29.3 Å². The van der Waals surface area contributed by atoms with Crippen LogP contribution < -0.4 is 0 Å². The molecule has 0 amide bonds. The Kier molecular flexibility index (Phi) is 3.02. The molecule has 2 rings (SSSR count). The molecule has 0 radical (unpaired) electrons. The van der Waals surface area contributed by atoms with Gasteiger partial charge in [0, 0.05) is 11.6 Å². The van der Waals surface area contributed by atoms with E-state index in [9.17, 15) is 9.18 Å². The fourth-order valence-corrected chi connectivity index (χ4v) is 1.68. The van der Waals surface area contributed by atoms with Crippen molar-refractivity contribution in [2.45, 2.75) is 26.4 Å². The van der Waals surface area contributed by atoms with E-state index in [1.807, 2.05) is 0 Å². The summed E-state index contributed by atoms with van der Waals surface area (Å²) < 4.78 is 19.6. The molecule has 2 heterocycles. The second-order valence-electron chi connectivity index (χ2n) is 4.82. The van der Waals surface area contributed by atoms with Crippen LogP contribution in [-0.2, 0) is 4.74 Å². The maximum atomic E-state index is 13.2. The first kappa shape index (κ1) is 12.8. The molecule has 0 aliphatic rings. The van der Waals surface area contributed by atoms with Gasteiger partial charge in [0.2, 0.25) is 0 Å². The Morgan fingerprint density at radius 1 is 1.50 bits per heavy atom. The van der Waals surface area contributed by atoms with Crippen molar-refractivity contribution < 1.29 is 13.9 Å². The molecule has 2 aromatic rings. The summed E-state index contributed by atoms with van der Waals surface area (Å²) >= 11 is 5.80. The lowest BCUT2D eigenvalue weighted by Gasteiger charge is -2.19. The van der Waals surface area contributed by atoms with Crippen molar-refractivity contribution >= 4 is 28.7 Å². The molecule has 2 aromatic heterocycles. The van der Waals surface area contributed by atoms with E-state index in [1.54, 1.807) is 20.8 Å². The van der Waals surface area contributed by atoms with Crippen LogP contribution in [0.4, 0.5) is 9.18 Å². The number of aromatic nitrogens is 2. The van der Waals surface area contributed by atoms with Gasteiger partial charge in [-0.25, -0.2) is 18.7 Å². The number of pyridine rings is 1. The third-order valence-corrected chi connectivity index (χ3v) is 2.58. The molecule has 96 valence electrons. The van der Waals surface area contributed by atoms with E-state index in [0.29, 0.717) is 5.39 Å². The number of hydrogen-bond donors (Lipinski definition) is 0. The van der Waals surface area contributed by atoms with Gasteiger partial charge in [-0.3, -0.25) is 0 Å². The van der Waals surface area contributed by atoms with Crippen molar-refractivity contribution in [2.75, 3.05) is 0 Å². The normalized spacial score (nSPS) is 11.8. The lowest BCUT2D eigenvalue weighted by Crippen LogP contribution is -2.26. The summed E-state index contributed by atoms with van der Waals surface area (Å²) in [7, 11) is 0. The number of carbonyl (C=O) groups is 1. The molecule has 0 bridgehead atoms. The van der Waals surface area contributed by atoms with Crippen molar-refractivity contribution in [1.82, 2.24) is 9.55 Å². The highest BCUT2D eigenvalue weighted by molar-refractivity contribution is 6.35. The maximum Gasteiger partial charge on any atom is 0.420 e. The Morgan fingerprint density at radius 3 is 2.78 bits per heavy atom. The molecule has 0 aliphatic heterocycles. The zero-order chi connectivity index (χ0) is 13.5. The van der Waals surface area contributed by atoms with E-state index >= 15 is 0 Å².